The van der Waals surface area contributed by atoms with E-state index in [2.05, 4.69) is 0 Å². The van der Waals surface area contributed by atoms with E-state index in [1.54, 1.807) is 6.07 Å². The van der Waals surface area contributed by atoms with Crippen LogP contribution in [0.3, 0.4) is 0 Å². The van der Waals surface area contributed by atoms with Crippen molar-refractivity contribution in [2.45, 2.75) is 25.7 Å². The second kappa shape index (κ2) is 6.55. The van der Waals surface area contributed by atoms with Crippen LogP contribution in [0.4, 0.5) is 10.1 Å². The van der Waals surface area contributed by atoms with E-state index in [1.807, 2.05) is 18.0 Å². The van der Waals surface area contributed by atoms with Gasteiger partial charge >= 0.3 is 5.97 Å². The zero-order valence-electron chi connectivity index (χ0n) is 11.7. The van der Waals surface area contributed by atoms with Crippen molar-refractivity contribution < 1.29 is 14.3 Å². The summed E-state index contributed by atoms with van der Waals surface area (Å²) in [5.74, 6) is -0.810. The van der Waals surface area contributed by atoms with Crippen LogP contribution in [0.15, 0.2) is 24.3 Å². The van der Waals surface area contributed by atoms with Gasteiger partial charge in [0.15, 0.2) is 0 Å². The quantitative estimate of drug-likeness (QED) is 0.837. The maximum atomic E-state index is 13.9. The number of carbonyl (C=O) groups is 1. The molecule has 4 heteroatoms. The van der Waals surface area contributed by atoms with Gasteiger partial charge in [0.1, 0.15) is 5.82 Å². The molecule has 3 nitrogen and oxygen atoms in total. The maximum Gasteiger partial charge on any atom is 0.328 e. The predicted molar refractivity (Wildman–Crippen MR) is 78.3 cm³/mol. The average molecular weight is 277 g/mol. The Labute approximate surface area is 118 Å². The van der Waals surface area contributed by atoms with Crippen LogP contribution in [-0.2, 0) is 4.79 Å². The van der Waals surface area contributed by atoms with E-state index in [0.29, 0.717) is 11.5 Å². The Morgan fingerprint density at radius 3 is 2.80 bits per heavy atom. The van der Waals surface area contributed by atoms with E-state index < -0.39 is 11.8 Å². The van der Waals surface area contributed by atoms with Gasteiger partial charge in [0, 0.05) is 30.9 Å². The van der Waals surface area contributed by atoms with Crippen LogP contribution in [0.1, 0.15) is 31.2 Å². The van der Waals surface area contributed by atoms with Gasteiger partial charge in [-0.05, 0) is 37.0 Å². The molecular formula is C16H20FNO2. The van der Waals surface area contributed by atoms with Gasteiger partial charge < -0.3 is 10.0 Å². The SMILES string of the molecule is CN(CC1CCCC1)c1cccc(F)c1/C=C/C(=O)O. The molecule has 1 saturated carbocycles. The minimum absolute atomic E-state index is 0.343. The Morgan fingerprint density at radius 1 is 1.45 bits per heavy atom. The monoisotopic (exact) mass is 277 g/mol. The molecule has 1 aromatic rings. The van der Waals surface area contributed by atoms with Gasteiger partial charge in [-0.15, -0.1) is 0 Å². The van der Waals surface area contributed by atoms with E-state index in [1.165, 1.54) is 37.8 Å². The smallest absolute Gasteiger partial charge is 0.328 e. The highest BCUT2D eigenvalue weighted by atomic mass is 19.1. The van der Waals surface area contributed by atoms with E-state index >= 15 is 0 Å². The summed E-state index contributed by atoms with van der Waals surface area (Å²) in [5, 5.41) is 8.70. The van der Waals surface area contributed by atoms with Gasteiger partial charge in [-0.1, -0.05) is 18.9 Å². The van der Waals surface area contributed by atoms with Crippen molar-refractivity contribution in [3.05, 3.63) is 35.7 Å². The summed E-state index contributed by atoms with van der Waals surface area (Å²) >= 11 is 0. The number of nitrogens with zero attached hydrogens (tertiary/aromatic N) is 1. The molecule has 0 radical (unpaired) electrons. The van der Waals surface area contributed by atoms with Crippen LogP contribution in [0.2, 0.25) is 0 Å². The molecule has 1 N–H and O–H groups in total. The molecule has 0 saturated heterocycles. The largest absolute Gasteiger partial charge is 0.478 e. The molecule has 1 aliphatic carbocycles. The first-order chi connectivity index (χ1) is 9.58. The fourth-order valence-electron chi connectivity index (χ4n) is 2.86. The summed E-state index contributed by atoms with van der Waals surface area (Å²) in [7, 11) is 1.94. The normalized spacial score (nSPS) is 15.9. The molecule has 0 bridgehead atoms. The van der Waals surface area contributed by atoms with Crippen molar-refractivity contribution in [1.29, 1.82) is 0 Å². The first kappa shape index (κ1) is 14.6. The molecule has 2 rings (SSSR count). The number of rotatable bonds is 5. The van der Waals surface area contributed by atoms with Crippen LogP contribution >= 0.6 is 0 Å². The van der Waals surface area contributed by atoms with Crippen molar-refractivity contribution in [1.82, 2.24) is 0 Å². The number of carboxylic acids is 1. The first-order valence-electron chi connectivity index (χ1n) is 6.98. The zero-order chi connectivity index (χ0) is 14.5. The number of hydrogen-bond acceptors (Lipinski definition) is 2. The Kier molecular flexibility index (Phi) is 4.77. The van der Waals surface area contributed by atoms with Gasteiger partial charge in [0.25, 0.3) is 0 Å². The van der Waals surface area contributed by atoms with Gasteiger partial charge in [0.05, 0.1) is 0 Å². The van der Waals surface area contributed by atoms with Crippen molar-refractivity contribution in [2.24, 2.45) is 5.92 Å². The van der Waals surface area contributed by atoms with Crippen LogP contribution in [-0.4, -0.2) is 24.7 Å². The van der Waals surface area contributed by atoms with Crippen molar-refractivity contribution in [2.75, 3.05) is 18.5 Å². The van der Waals surface area contributed by atoms with Crippen molar-refractivity contribution >= 4 is 17.7 Å². The van der Waals surface area contributed by atoms with Crippen molar-refractivity contribution in [3.63, 3.8) is 0 Å². The summed E-state index contributed by atoms with van der Waals surface area (Å²) in [6.07, 6.45) is 7.30. The second-order valence-electron chi connectivity index (χ2n) is 5.38. The van der Waals surface area contributed by atoms with Gasteiger partial charge in [-0.2, -0.15) is 0 Å². The molecule has 108 valence electrons. The molecule has 0 unspecified atom stereocenters. The minimum Gasteiger partial charge on any atom is -0.478 e. The summed E-state index contributed by atoms with van der Waals surface area (Å²) in [6, 6.07) is 4.85. The molecule has 1 aromatic carbocycles. The number of hydrogen-bond donors (Lipinski definition) is 1. The van der Waals surface area contributed by atoms with Crippen LogP contribution in [0.25, 0.3) is 6.08 Å². The molecule has 0 aromatic heterocycles. The molecule has 0 heterocycles. The summed E-state index contributed by atoms with van der Waals surface area (Å²) in [6.45, 7) is 0.886. The lowest BCUT2D eigenvalue weighted by Gasteiger charge is -2.25. The highest BCUT2D eigenvalue weighted by Crippen LogP contribution is 2.29. The van der Waals surface area contributed by atoms with Crippen LogP contribution < -0.4 is 4.90 Å². The Bertz CT molecular complexity index is 507. The summed E-state index contributed by atoms with van der Waals surface area (Å²) < 4.78 is 13.9. The molecule has 0 amide bonds. The molecule has 1 fully saturated rings. The zero-order valence-corrected chi connectivity index (χ0v) is 11.7. The lowest BCUT2D eigenvalue weighted by molar-refractivity contribution is -0.131. The Hall–Kier alpha value is -1.84. The molecular weight excluding hydrogens is 257 g/mol. The fraction of sp³-hybridized carbons (Fsp3) is 0.438. The summed E-state index contributed by atoms with van der Waals surface area (Å²) in [5.41, 5.74) is 1.09. The maximum absolute atomic E-state index is 13.9. The van der Waals surface area contributed by atoms with E-state index in [0.717, 1.165) is 18.3 Å². The number of halogens is 1. The average Bonchev–Trinajstić information content (AvgIpc) is 2.89. The van der Waals surface area contributed by atoms with E-state index in [4.69, 9.17) is 5.11 Å². The third-order valence-corrected chi connectivity index (χ3v) is 3.84. The third-order valence-electron chi connectivity index (χ3n) is 3.84. The van der Waals surface area contributed by atoms with Gasteiger partial charge in [-0.3, -0.25) is 0 Å². The fourth-order valence-corrected chi connectivity index (χ4v) is 2.86. The van der Waals surface area contributed by atoms with Gasteiger partial charge in [-0.25, -0.2) is 9.18 Å². The molecule has 1 aliphatic rings. The standard InChI is InChI=1S/C16H20FNO2/c1-18(11-12-5-2-3-6-12)15-8-4-7-14(17)13(15)9-10-16(19)20/h4,7-10,12H,2-3,5-6,11H2,1H3,(H,19,20)/b10-9+. The summed E-state index contributed by atoms with van der Waals surface area (Å²) in [4.78, 5) is 12.6. The highest BCUT2D eigenvalue weighted by molar-refractivity contribution is 5.87. The van der Waals surface area contributed by atoms with E-state index in [-0.39, 0.29) is 0 Å². The van der Waals surface area contributed by atoms with Crippen LogP contribution in [0.5, 0.6) is 0 Å². The minimum atomic E-state index is -1.07. The topological polar surface area (TPSA) is 40.5 Å². The van der Waals surface area contributed by atoms with Crippen LogP contribution in [0, 0.1) is 11.7 Å². The number of benzene rings is 1. The molecule has 0 spiro atoms. The molecule has 20 heavy (non-hydrogen) atoms. The molecule has 0 aliphatic heterocycles. The van der Waals surface area contributed by atoms with Gasteiger partial charge in [0.2, 0.25) is 0 Å². The van der Waals surface area contributed by atoms with E-state index in [9.17, 15) is 9.18 Å². The number of carboxylic acid groups (broad SMARTS) is 1. The third kappa shape index (κ3) is 3.59. The molecule has 0 atom stereocenters. The Morgan fingerprint density at radius 2 is 2.15 bits per heavy atom. The lowest BCUT2D eigenvalue weighted by atomic mass is 10.1. The number of anilines is 1. The number of aliphatic carboxylic acids is 1. The highest BCUT2D eigenvalue weighted by Gasteiger charge is 2.18. The predicted octanol–water partition coefficient (Wildman–Crippen LogP) is 3.55. The lowest BCUT2D eigenvalue weighted by Crippen LogP contribution is -2.24. The Balaban J connectivity index is 2.20. The first-order valence-corrected chi connectivity index (χ1v) is 6.98. The second-order valence-corrected chi connectivity index (χ2v) is 5.38. The van der Waals surface area contributed by atoms with Crippen molar-refractivity contribution in [3.8, 4) is 0 Å².